The van der Waals surface area contributed by atoms with Crippen LogP contribution in [-0.4, -0.2) is 70.5 Å². The number of anilines is 1. The molecule has 0 aromatic carbocycles. The molecule has 0 bridgehead atoms. The molecule has 4 aliphatic rings. The van der Waals surface area contributed by atoms with Gasteiger partial charge < -0.3 is 14.4 Å². The first-order valence-corrected chi connectivity index (χ1v) is 11.4. The van der Waals surface area contributed by atoms with Gasteiger partial charge in [-0.05, 0) is 32.2 Å². The Morgan fingerprint density at radius 2 is 2.10 bits per heavy atom. The molecule has 0 N–H and O–H groups in total. The summed E-state index contributed by atoms with van der Waals surface area (Å²) >= 11 is 6.05. The summed E-state index contributed by atoms with van der Waals surface area (Å²) in [6, 6.07) is 0.355. The first-order valence-electron chi connectivity index (χ1n) is 11.0. The van der Waals surface area contributed by atoms with Crippen LogP contribution in [0.25, 0.3) is 10.9 Å². The van der Waals surface area contributed by atoms with Crippen molar-refractivity contribution in [2.75, 3.05) is 37.7 Å². The maximum absolute atomic E-state index is 15.0. The van der Waals surface area contributed by atoms with Gasteiger partial charge >= 0.3 is 6.01 Å². The van der Waals surface area contributed by atoms with E-state index in [-0.39, 0.29) is 40.7 Å². The lowest BCUT2D eigenvalue weighted by Crippen LogP contribution is -2.43. The topological polar surface area (TPSA) is 63.6 Å². The van der Waals surface area contributed by atoms with E-state index in [9.17, 15) is 4.39 Å². The van der Waals surface area contributed by atoms with Gasteiger partial charge in [-0.1, -0.05) is 11.6 Å². The number of halogens is 3. The number of ether oxygens (including phenoxy) is 2. The highest BCUT2D eigenvalue weighted by molar-refractivity contribution is 6.30. The number of alkyl halides is 1. The summed E-state index contributed by atoms with van der Waals surface area (Å²) in [6.07, 6.45) is 4.39. The Balaban J connectivity index is 1.42. The lowest BCUT2D eigenvalue weighted by Gasteiger charge is -2.32. The second-order valence-corrected chi connectivity index (χ2v) is 9.42. The van der Waals surface area contributed by atoms with Gasteiger partial charge in [0.25, 0.3) is 0 Å². The fraction of sp³-hybridized carbons (Fsp3) is 0.667. The van der Waals surface area contributed by atoms with Gasteiger partial charge in [0.2, 0.25) is 5.88 Å². The van der Waals surface area contributed by atoms with Crippen LogP contribution in [0.3, 0.4) is 0 Å². The third-order valence-electron chi connectivity index (χ3n) is 7.24. The Morgan fingerprint density at radius 3 is 3.00 bits per heavy atom. The molecule has 2 aromatic heterocycles. The monoisotopic (exact) mass is 451 g/mol. The van der Waals surface area contributed by atoms with Gasteiger partial charge in [-0.15, -0.1) is 0 Å². The molecule has 0 saturated carbocycles. The predicted molar refractivity (Wildman–Crippen MR) is 111 cm³/mol. The average molecular weight is 452 g/mol. The van der Waals surface area contributed by atoms with Gasteiger partial charge in [0.05, 0.1) is 12.1 Å². The molecule has 3 fully saturated rings. The van der Waals surface area contributed by atoms with Crippen LogP contribution >= 0.6 is 11.6 Å². The van der Waals surface area contributed by atoms with E-state index in [4.69, 9.17) is 21.1 Å². The van der Waals surface area contributed by atoms with Crippen LogP contribution in [0, 0.1) is 5.82 Å². The third-order valence-corrected chi connectivity index (χ3v) is 7.49. The Labute approximate surface area is 183 Å². The molecule has 3 saturated heterocycles. The largest absolute Gasteiger partial charge is 0.477 e. The number of rotatable bonds is 3. The second kappa shape index (κ2) is 7.27. The Bertz CT molecular complexity index is 1040. The molecule has 0 amide bonds. The van der Waals surface area contributed by atoms with E-state index in [0.29, 0.717) is 30.8 Å². The molecule has 0 radical (unpaired) electrons. The van der Waals surface area contributed by atoms with E-state index >= 15 is 4.39 Å². The lowest BCUT2D eigenvalue weighted by atomic mass is 9.95. The van der Waals surface area contributed by atoms with E-state index in [0.717, 1.165) is 45.2 Å². The number of hydrogen-bond acceptors (Lipinski definition) is 7. The molecule has 7 nitrogen and oxygen atoms in total. The minimum Gasteiger partial charge on any atom is -0.477 e. The summed E-state index contributed by atoms with van der Waals surface area (Å²) in [5, 5.41) is 0.152. The highest BCUT2D eigenvalue weighted by Crippen LogP contribution is 2.42. The zero-order valence-corrected chi connectivity index (χ0v) is 17.9. The van der Waals surface area contributed by atoms with Crippen molar-refractivity contribution in [2.45, 2.75) is 56.3 Å². The molecular weight excluding hydrogens is 428 g/mol. The van der Waals surface area contributed by atoms with E-state index in [1.807, 2.05) is 0 Å². The van der Waals surface area contributed by atoms with E-state index in [1.165, 1.54) is 0 Å². The second-order valence-electron chi connectivity index (χ2n) is 9.07. The summed E-state index contributed by atoms with van der Waals surface area (Å²) in [5.74, 6) is 0.125. The first-order chi connectivity index (χ1) is 15.0. The number of aromatic nitrogens is 3. The third kappa shape index (κ3) is 3.11. The smallest absolute Gasteiger partial charge is 0.319 e. The SMILES string of the molecule is Fc1c(Cl)nc2c3c(nc(OC[C@@]45CCCN4C[C@H](F)C5)nc13)N1CCC[C@@H]1CCO2. The van der Waals surface area contributed by atoms with E-state index in [1.54, 1.807) is 0 Å². The Morgan fingerprint density at radius 1 is 1.19 bits per heavy atom. The van der Waals surface area contributed by atoms with Crippen molar-refractivity contribution in [1.82, 2.24) is 19.9 Å². The van der Waals surface area contributed by atoms with Gasteiger partial charge in [-0.25, -0.2) is 8.78 Å². The van der Waals surface area contributed by atoms with Crippen LogP contribution in [0.15, 0.2) is 0 Å². The molecule has 3 atom stereocenters. The van der Waals surface area contributed by atoms with Crippen molar-refractivity contribution in [3.63, 3.8) is 0 Å². The van der Waals surface area contributed by atoms with Gasteiger partial charge in [0.1, 0.15) is 29.5 Å². The molecule has 0 spiro atoms. The molecule has 31 heavy (non-hydrogen) atoms. The van der Waals surface area contributed by atoms with Crippen LogP contribution in [0.2, 0.25) is 5.15 Å². The van der Waals surface area contributed by atoms with E-state index in [2.05, 4.69) is 24.8 Å². The summed E-state index contributed by atoms with van der Waals surface area (Å²) < 4.78 is 41.0. The Kier molecular flexibility index (Phi) is 4.61. The van der Waals surface area contributed by atoms with Crippen LogP contribution < -0.4 is 14.4 Å². The normalized spacial score (nSPS) is 30.1. The van der Waals surface area contributed by atoms with Gasteiger partial charge in [0, 0.05) is 32.0 Å². The minimum atomic E-state index is -0.845. The zero-order valence-electron chi connectivity index (χ0n) is 17.1. The number of pyridine rings is 1. The van der Waals surface area contributed by atoms with Gasteiger partial charge in [-0.2, -0.15) is 15.0 Å². The highest BCUT2D eigenvalue weighted by atomic mass is 35.5. The van der Waals surface area contributed by atoms with Crippen LogP contribution in [0.4, 0.5) is 14.6 Å². The van der Waals surface area contributed by atoms with Gasteiger partial charge in [-0.3, -0.25) is 4.90 Å². The zero-order chi connectivity index (χ0) is 21.2. The van der Waals surface area contributed by atoms with E-state index < -0.39 is 12.0 Å². The Hall–Kier alpha value is -2.00. The van der Waals surface area contributed by atoms with Crippen molar-refractivity contribution >= 4 is 28.3 Å². The average Bonchev–Trinajstić information content (AvgIpc) is 3.42. The van der Waals surface area contributed by atoms with Crippen LogP contribution in [0.1, 0.15) is 38.5 Å². The molecular formula is C21H24ClF2N5O2. The fourth-order valence-corrected chi connectivity index (χ4v) is 5.97. The van der Waals surface area contributed by atoms with Crippen molar-refractivity contribution in [3.05, 3.63) is 11.0 Å². The molecule has 4 aliphatic heterocycles. The molecule has 166 valence electrons. The summed E-state index contributed by atoms with van der Waals surface area (Å²) in [6.45, 7) is 2.90. The fourth-order valence-electron chi connectivity index (χ4n) is 5.81. The van der Waals surface area contributed by atoms with Crippen LogP contribution in [0.5, 0.6) is 11.9 Å². The molecule has 2 aromatic rings. The van der Waals surface area contributed by atoms with Crippen LogP contribution in [-0.2, 0) is 0 Å². The number of nitrogens with zero attached hydrogens (tertiary/aromatic N) is 5. The van der Waals surface area contributed by atoms with Crippen molar-refractivity contribution in [1.29, 1.82) is 0 Å². The lowest BCUT2D eigenvalue weighted by molar-refractivity contribution is 0.107. The predicted octanol–water partition coefficient (Wildman–Crippen LogP) is 3.52. The van der Waals surface area contributed by atoms with Crippen molar-refractivity contribution in [2.24, 2.45) is 0 Å². The quantitative estimate of drug-likeness (QED) is 0.661. The first kappa shape index (κ1) is 19.7. The highest BCUT2D eigenvalue weighted by Gasteiger charge is 2.49. The maximum Gasteiger partial charge on any atom is 0.319 e. The molecule has 10 heteroatoms. The van der Waals surface area contributed by atoms with Gasteiger partial charge in [0.15, 0.2) is 11.0 Å². The molecule has 6 rings (SSSR count). The molecule has 0 aliphatic carbocycles. The summed E-state index contributed by atoms with van der Waals surface area (Å²) in [7, 11) is 0. The molecule has 6 heterocycles. The van der Waals surface area contributed by atoms with Crippen molar-refractivity contribution < 1.29 is 18.3 Å². The minimum absolute atomic E-state index is 0.0538. The van der Waals surface area contributed by atoms with Crippen molar-refractivity contribution in [3.8, 4) is 11.9 Å². The number of fused-ring (bicyclic) bond motifs is 3. The molecule has 0 unspecified atom stereocenters. The standard InChI is InChI=1S/C21H24ClF2N5O2/c22-17-15(24)16-14-18(29-7-1-3-13(29)4-8-30-19(14)26-17)27-20(25-16)31-11-21-5-2-6-28(21)10-12(23)9-21/h12-13H,1-11H2/t12-,13-,21+/m1/s1. The number of hydrogen-bond donors (Lipinski definition) is 0. The summed E-state index contributed by atoms with van der Waals surface area (Å²) in [4.78, 5) is 17.5. The maximum atomic E-state index is 15.0. The summed E-state index contributed by atoms with van der Waals surface area (Å²) in [5.41, 5.74) is -0.277.